The number of aromatic nitrogens is 3. The molecule has 8 nitrogen and oxygen atoms in total. The standard InChI is InChI=1S/C21H23N5O3/c1-3-8-25-18(22)15(20(27)23-11-14-5-4-9-29-14)10-16-19(25)24-17-7-6-13(2)12-26(17)21(16)28/h3,6-7,10,12,14,22H,1,4-5,8-9,11H2,2H3,(H,23,27)/t14-/m1/s1. The lowest BCUT2D eigenvalue weighted by molar-refractivity contribution is 0.0856. The number of ether oxygens (including phenoxy) is 1. The molecule has 2 N–H and O–H groups in total. The van der Waals surface area contributed by atoms with Gasteiger partial charge in [-0.2, -0.15) is 0 Å². The molecular formula is C21H23N5O3. The second kappa shape index (κ2) is 7.63. The molecule has 29 heavy (non-hydrogen) atoms. The predicted molar refractivity (Wildman–Crippen MR) is 109 cm³/mol. The maximum absolute atomic E-state index is 13.1. The fraction of sp³-hybridized carbons (Fsp3) is 0.333. The largest absolute Gasteiger partial charge is 0.376 e. The number of allylic oxidation sites excluding steroid dienone is 1. The molecule has 3 aromatic rings. The lowest BCUT2D eigenvalue weighted by atomic mass is 10.1. The van der Waals surface area contributed by atoms with E-state index in [0.29, 0.717) is 24.4 Å². The van der Waals surface area contributed by atoms with E-state index in [1.165, 1.54) is 15.0 Å². The van der Waals surface area contributed by atoms with Gasteiger partial charge in [0.15, 0.2) is 0 Å². The molecule has 1 aliphatic heterocycles. The van der Waals surface area contributed by atoms with E-state index in [1.807, 2.05) is 13.0 Å². The lowest BCUT2D eigenvalue weighted by Crippen LogP contribution is -2.37. The minimum atomic E-state index is -0.404. The fourth-order valence-electron chi connectivity index (χ4n) is 3.63. The highest BCUT2D eigenvalue weighted by Crippen LogP contribution is 2.13. The molecule has 0 spiro atoms. The summed E-state index contributed by atoms with van der Waals surface area (Å²) in [6.07, 6.45) is 5.21. The summed E-state index contributed by atoms with van der Waals surface area (Å²) in [6, 6.07) is 5.10. The molecule has 1 saturated heterocycles. The van der Waals surface area contributed by atoms with Gasteiger partial charge < -0.3 is 14.6 Å². The topological polar surface area (TPSA) is 101 Å². The van der Waals surface area contributed by atoms with Crippen LogP contribution in [0.3, 0.4) is 0 Å². The second-order valence-electron chi connectivity index (χ2n) is 7.24. The molecular weight excluding hydrogens is 370 g/mol. The number of carbonyl (C=O) groups excluding carboxylic acids is 1. The average molecular weight is 393 g/mol. The van der Waals surface area contributed by atoms with E-state index in [4.69, 9.17) is 10.1 Å². The molecule has 0 aromatic carbocycles. The Morgan fingerprint density at radius 2 is 2.31 bits per heavy atom. The van der Waals surface area contributed by atoms with Crippen molar-refractivity contribution in [2.75, 3.05) is 13.2 Å². The molecule has 3 aromatic heterocycles. The van der Waals surface area contributed by atoms with Crippen molar-refractivity contribution in [1.82, 2.24) is 19.3 Å². The Labute approximate surface area is 167 Å². The van der Waals surface area contributed by atoms with E-state index in [-0.39, 0.29) is 34.6 Å². The number of rotatable bonds is 5. The Kier molecular flexibility index (Phi) is 5.02. The molecule has 4 heterocycles. The Morgan fingerprint density at radius 3 is 3.03 bits per heavy atom. The summed E-state index contributed by atoms with van der Waals surface area (Å²) in [6.45, 7) is 6.97. The van der Waals surface area contributed by atoms with Crippen LogP contribution in [0.1, 0.15) is 28.8 Å². The molecule has 0 unspecified atom stereocenters. The average Bonchev–Trinajstić information content (AvgIpc) is 3.23. The molecule has 150 valence electrons. The van der Waals surface area contributed by atoms with E-state index < -0.39 is 5.91 Å². The summed E-state index contributed by atoms with van der Waals surface area (Å²) in [5.74, 6) is -0.404. The van der Waals surface area contributed by atoms with Crippen molar-refractivity contribution < 1.29 is 9.53 Å². The van der Waals surface area contributed by atoms with Gasteiger partial charge in [0.2, 0.25) is 0 Å². The van der Waals surface area contributed by atoms with Crippen molar-refractivity contribution in [3.63, 3.8) is 0 Å². The third-order valence-corrected chi connectivity index (χ3v) is 5.13. The monoisotopic (exact) mass is 393 g/mol. The summed E-state index contributed by atoms with van der Waals surface area (Å²) in [5, 5.41) is 11.7. The van der Waals surface area contributed by atoms with Crippen LogP contribution in [0.4, 0.5) is 0 Å². The molecule has 1 aliphatic rings. The maximum atomic E-state index is 13.1. The minimum absolute atomic E-state index is 0.00639. The van der Waals surface area contributed by atoms with Gasteiger partial charge in [0.1, 0.15) is 16.8 Å². The zero-order valence-corrected chi connectivity index (χ0v) is 16.3. The van der Waals surface area contributed by atoms with Crippen LogP contribution in [0.25, 0.3) is 16.7 Å². The fourth-order valence-corrected chi connectivity index (χ4v) is 3.63. The van der Waals surface area contributed by atoms with E-state index in [1.54, 1.807) is 18.3 Å². The number of amides is 1. The number of aryl methyl sites for hydroxylation is 1. The first-order valence-electron chi connectivity index (χ1n) is 9.61. The summed E-state index contributed by atoms with van der Waals surface area (Å²) in [4.78, 5) is 30.5. The van der Waals surface area contributed by atoms with E-state index in [2.05, 4.69) is 16.9 Å². The van der Waals surface area contributed by atoms with Crippen LogP contribution in [0, 0.1) is 12.3 Å². The number of fused-ring (bicyclic) bond motifs is 2. The zero-order chi connectivity index (χ0) is 20.5. The second-order valence-corrected chi connectivity index (χ2v) is 7.24. The third kappa shape index (κ3) is 3.47. The first-order valence-corrected chi connectivity index (χ1v) is 9.61. The smallest absolute Gasteiger partial charge is 0.267 e. The molecule has 0 saturated carbocycles. The highest BCUT2D eigenvalue weighted by Gasteiger charge is 2.20. The number of nitrogens with zero attached hydrogens (tertiary/aromatic N) is 3. The lowest BCUT2D eigenvalue weighted by Gasteiger charge is -2.15. The quantitative estimate of drug-likeness (QED) is 0.507. The van der Waals surface area contributed by atoms with Crippen LogP contribution in [-0.2, 0) is 11.3 Å². The molecule has 4 rings (SSSR count). The van der Waals surface area contributed by atoms with Crippen molar-refractivity contribution in [3.8, 4) is 0 Å². The molecule has 1 atom stereocenters. The van der Waals surface area contributed by atoms with Crippen LogP contribution in [-0.4, -0.2) is 39.1 Å². The van der Waals surface area contributed by atoms with Gasteiger partial charge in [0.25, 0.3) is 11.5 Å². The minimum Gasteiger partial charge on any atom is -0.376 e. The van der Waals surface area contributed by atoms with Gasteiger partial charge in [-0.05, 0) is 37.5 Å². The van der Waals surface area contributed by atoms with Crippen molar-refractivity contribution in [3.05, 3.63) is 64.0 Å². The molecule has 1 amide bonds. The number of hydrogen-bond donors (Lipinski definition) is 2. The summed E-state index contributed by atoms with van der Waals surface area (Å²) < 4.78 is 8.54. The Morgan fingerprint density at radius 1 is 1.48 bits per heavy atom. The van der Waals surface area contributed by atoms with Crippen LogP contribution < -0.4 is 16.4 Å². The van der Waals surface area contributed by atoms with Crippen LogP contribution in [0.2, 0.25) is 0 Å². The van der Waals surface area contributed by atoms with E-state index in [9.17, 15) is 9.59 Å². The van der Waals surface area contributed by atoms with Gasteiger partial charge >= 0.3 is 0 Å². The maximum Gasteiger partial charge on any atom is 0.267 e. The normalized spacial score (nSPS) is 16.4. The zero-order valence-electron chi connectivity index (χ0n) is 16.3. The van der Waals surface area contributed by atoms with Crippen molar-refractivity contribution in [2.24, 2.45) is 0 Å². The summed E-state index contributed by atoms with van der Waals surface area (Å²) in [7, 11) is 0. The third-order valence-electron chi connectivity index (χ3n) is 5.13. The summed E-state index contributed by atoms with van der Waals surface area (Å²) in [5.41, 5.74) is 1.61. The number of hydrogen-bond acceptors (Lipinski definition) is 5. The Hall–Kier alpha value is -3.26. The van der Waals surface area contributed by atoms with Gasteiger partial charge in [-0.25, -0.2) is 4.98 Å². The van der Waals surface area contributed by atoms with Crippen molar-refractivity contribution in [2.45, 2.75) is 32.4 Å². The molecule has 0 radical (unpaired) electrons. The number of pyridine rings is 2. The van der Waals surface area contributed by atoms with Gasteiger partial charge in [0.05, 0.1) is 17.1 Å². The van der Waals surface area contributed by atoms with Crippen LogP contribution in [0.5, 0.6) is 0 Å². The molecule has 0 aliphatic carbocycles. The molecule has 1 fully saturated rings. The number of nitrogens with one attached hydrogen (secondary N) is 2. The molecule has 8 heteroatoms. The van der Waals surface area contributed by atoms with Crippen LogP contribution >= 0.6 is 0 Å². The van der Waals surface area contributed by atoms with E-state index >= 15 is 0 Å². The van der Waals surface area contributed by atoms with E-state index in [0.717, 1.165) is 18.4 Å². The van der Waals surface area contributed by atoms with Gasteiger partial charge in [-0.15, -0.1) is 6.58 Å². The first kappa shape index (κ1) is 19.1. The Balaban J connectivity index is 1.87. The molecule has 0 bridgehead atoms. The van der Waals surface area contributed by atoms with Gasteiger partial charge in [0, 0.05) is 25.9 Å². The van der Waals surface area contributed by atoms with Crippen molar-refractivity contribution in [1.29, 1.82) is 5.41 Å². The van der Waals surface area contributed by atoms with Gasteiger partial charge in [-0.3, -0.25) is 19.4 Å². The highest BCUT2D eigenvalue weighted by molar-refractivity contribution is 5.96. The summed E-state index contributed by atoms with van der Waals surface area (Å²) >= 11 is 0. The SMILES string of the molecule is C=CCn1c(=N)c(C(=O)NC[C@H]2CCCO2)cc2c(=O)n3cc(C)ccc3nc21. The van der Waals surface area contributed by atoms with Gasteiger partial charge in [-0.1, -0.05) is 12.1 Å². The number of carbonyl (C=O) groups is 1. The van der Waals surface area contributed by atoms with Crippen LogP contribution in [0.15, 0.2) is 41.8 Å². The first-order chi connectivity index (χ1) is 14.0. The predicted octanol–water partition coefficient (Wildman–Crippen LogP) is 1.53. The highest BCUT2D eigenvalue weighted by atomic mass is 16.5. The Bertz CT molecular complexity index is 1240. The van der Waals surface area contributed by atoms with Crippen molar-refractivity contribution >= 4 is 22.6 Å².